The van der Waals surface area contributed by atoms with E-state index in [1.807, 2.05) is 30.3 Å². The summed E-state index contributed by atoms with van der Waals surface area (Å²) in [5.41, 5.74) is 2.89. The second-order valence-electron chi connectivity index (χ2n) is 8.17. The van der Waals surface area contributed by atoms with Gasteiger partial charge in [-0.1, -0.05) is 30.3 Å². The minimum atomic E-state index is -0.479. The third-order valence-corrected chi connectivity index (χ3v) is 6.09. The van der Waals surface area contributed by atoms with Crippen LogP contribution in [0.5, 0.6) is 5.75 Å². The molecule has 0 aromatic heterocycles. The summed E-state index contributed by atoms with van der Waals surface area (Å²) in [6.45, 7) is 0.619. The predicted molar refractivity (Wildman–Crippen MR) is 137 cm³/mol. The fourth-order valence-electron chi connectivity index (χ4n) is 4.49. The first-order valence-electron chi connectivity index (χ1n) is 10.8. The lowest BCUT2D eigenvalue weighted by molar-refractivity contribution is 0.0396. The molecule has 2 aromatic carbocycles. The number of halogens is 1. The first-order chi connectivity index (χ1) is 15.1. The Morgan fingerprint density at radius 2 is 1.88 bits per heavy atom. The second-order valence-corrected chi connectivity index (χ2v) is 8.17. The van der Waals surface area contributed by atoms with E-state index in [1.165, 1.54) is 25.5 Å². The van der Waals surface area contributed by atoms with Crippen molar-refractivity contribution in [3.8, 4) is 5.75 Å². The summed E-state index contributed by atoms with van der Waals surface area (Å²) < 4.78 is 11.1. The van der Waals surface area contributed by atoms with Gasteiger partial charge < -0.3 is 20.1 Å². The quantitative estimate of drug-likeness (QED) is 0.284. The van der Waals surface area contributed by atoms with Crippen LogP contribution in [0.15, 0.2) is 53.5 Å². The van der Waals surface area contributed by atoms with Gasteiger partial charge in [-0.3, -0.25) is 10.3 Å². The van der Waals surface area contributed by atoms with Crippen molar-refractivity contribution in [3.05, 3.63) is 59.7 Å². The molecule has 172 valence electrons. The fourth-order valence-corrected chi connectivity index (χ4v) is 4.49. The Hall–Kier alpha value is -2.49. The molecule has 1 saturated carbocycles. The monoisotopic (exact) mass is 550 g/mol. The number of hydrogen-bond donors (Lipinski definition) is 3. The summed E-state index contributed by atoms with van der Waals surface area (Å²) in [6, 6.07) is 16.1. The number of ether oxygens (including phenoxy) is 2. The van der Waals surface area contributed by atoms with E-state index in [2.05, 4.69) is 43.9 Å². The number of benzene rings is 2. The third-order valence-electron chi connectivity index (χ3n) is 6.09. The van der Waals surface area contributed by atoms with Crippen molar-refractivity contribution in [2.75, 3.05) is 19.5 Å². The summed E-state index contributed by atoms with van der Waals surface area (Å²) in [5.74, 6) is 1.74. The summed E-state index contributed by atoms with van der Waals surface area (Å²) in [4.78, 5) is 15.7. The summed E-state index contributed by atoms with van der Waals surface area (Å²) in [6.07, 6.45) is 5.13. The number of amides is 1. The van der Waals surface area contributed by atoms with Gasteiger partial charge >= 0.3 is 6.09 Å². The molecule has 1 amide bonds. The molecule has 1 atom stereocenters. The Morgan fingerprint density at radius 3 is 2.56 bits per heavy atom. The fraction of sp³-hybridized carbons (Fsp3) is 0.417. The maximum Gasteiger partial charge on any atom is 0.411 e. The zero-order valence-corrected chi connectivity index (χ0v) is 20.8. The van der Waals surface area contributed by atoms with Gasteiger partial charge in [-0.15, -0.1) is 24.0 Å². The number of guanidine groups is 1. The minimum Gasteiger partial charge on any atom is -0.487 e. The lowest BCUT2D eigenvalue weighted by Gasteiger charge is -2.40. The lowest BCUT2D eigenvalue weighted by atomic mass is 9.86. The number of anilines is 1. The summed E-state index contributed by atoms with van der Waals surface area (Å²) >= 11 is 0. The number of carbonyl (C=O) groups is 1. The van der Waals surface area contributed by atoms with Gasteiger partial charge in [0.05, 0.1) is 13.2 Å². The molecule has 2 aromatic rings. The van der Waals surface area contributed by atoms with Crippen molar-refractivity contribution in [3.63, 3.8) is 0 Å². The van der Waals surface area contributed by atoms with E-state index in [9.17, 15) is 4.79 Å². The molecular weight excluding hydrogens is 519 g/mol. The number of para-hydroxylation sites is 1. The Morgan fingerprint density at radius 1 is 1.16 bits per heavy atom. The van der Waals surface area contributed by atoms with E-state index >= 15 is 0 Å². The molecule has 1 unspecified atom stereocenters. The van der Waals surface area contributed by atoms with Gasteiger partial charge in [-0.05, 0) is 49.4 Å². The molecule has 32 heavy (non-hydrogen) atoms. The lowest BCUT2D eigenvalue weighted by Crippen LogP contribution is -2.46. The van der Waals surface area contributed by atoms with E-state index < -0.39 is 6.09 Å². The van der Waals surface area contributed by atoms with Crippen LogP contribution in [0.3, 0.4) is 0 Å². The first kappa shape index (κ1) is 24.2. The van der Waals surface area contributed by atoms with Gasteiger partial charge in [-0.2, -0.15) is 0 Å². The number of nitrogens with one attached hydrogen (secondary N) is 3. The zero-order valence-electron chi connectivity index (χ0n) is 18.5. The summed E-state index contributed by atoms with van der Waals surface area (Å²) in [5, 5.41) is 9.67. The van der Waals surface area contributed by atoms with Crippen molar-refractivity contribution in [1.29, 1.82) is 0 Å². The van der Waals surface area contributed by atoms with Crippen molar-refractivity contribution >= 4 is 41.7 Å². The number of hydrogen-bond acceptors (Lipinski definition) is 4. The van der Waals surface area contributed by atoms with E-state index in [1.54, 1.807) is 7.05 Å². The normalized spacial score (nSPS) is 18.7. The molecule has 0 radical (unpaired) electrons. The first-order valence-corrected chi connectivity index (χ1v) is 10.8. The zero-order chi connectivity index (χ0) is 21.7. The number of carbonyl (C=O) groups excluding carboxylic acids is 1. The van der Waals surface area contributed by atoms with Crippen molar-refractivity contribution in [1.82, 2.24) is 10.6 Å². The van der Waals surface area contributed by atoms with Crippen LogP contribution in [-0.4, -0.2) is 31.8 Å². The number of nitrogens with zero attached hydrogens (tertiary/aromatic N) is 1. The molecular formula is C24H31IN4O3. The molecule has 4 rings (SSSR count). The highest BCUT2D eigenvalue weighted by Crippen LogP contribution is 2.46. The highest BCUT2D eigenvalue weighted by molar-refractivity contribution is 14.0. The topological polar surface area (TPSA) is 84.0 Å². The van der Waals surface area contributed by atoms with E-state index in [-0.39, 0.29) is 35.6 Å². The molecule has 1 aliphatic carbocycles. The number of aliphatic imine (C=N–C) groups is 1. The Kier molecular flexibility index (Phi) is 8.22. The highest BCUT2D eigenvalue weighted by atomic mass is 127. The minimum absolute atomic E-state index is 0. The van der Waals surface area contributed by atoms with Crippen LogP contribution in [-0.2, 0) is 11.3 Å². The predicted octanol–water partition coefficient (Wildman–Crippen LogP) is 4.98. The van der Waals surface area contributed by atoms with Crippen molar-refractivity contribution in [2.24, 2.45) is 4.99 Å². The Balaban J connectivity index is 0.00000289. The number of rotatable bonds is 4. The smallest absolute Gasteiger partial charge is 0.411 e. The van der Waals surface area contributed by atoms with Gasteiger partial charge in [-0.25, -0.2) is 4.79 Å². The van der Waals surface area contributed by atoms with Gasteiger partial charge in [0.1, 0.15) is 11.4 Å². The largest absolute Gasteiger partial charge is 0.487 e. The summed E-state index contributed by atoms with van der Waals surface area (Å²) in [7, 11) is 3.13. The van der Waals surface area contributed by atoms with Crippen LogP contribution >= 0.6 is 24.0 Å². The maximum atomic E-state index is 11.3. The molecule has 0 saturated heterocycles. The Bertz CT molecular complexity index is 943. The Labute approximate surface area is 206 Å². The average molecular weight is 550 g/mol. The van der Waals surface area contributed by atoms with E-state index in [4.69, 9.17) is 4.74 Å². The molecule has 7 nitrogen and oxygen atoms in total. The average Bonchev–Trinajstić information content (AvgIpc) is 3.24. The highest BCUT2D eigenvalue weighted by Gasteiger charge is 2.43. The number of methoxy groups -OCH3 is 1. The molecule has 8 heteroatoms. The van der Waals surface area contributed by atoms with Gasteiger partial charge in [0.2, 0.25) is 0 Å². The van der Waals surface area contributed by atoms with E-state index in [0.29, 0.717) is 12.2 Å². The SMILES string of the molecule is CN=C(NCc1ccc(NC(=O)OC)cc1)NC1CC2(CCCC2)Oc2ccccc21.I. The van der Waals surface area contributed by atoms with Crippen LogP contribution in [0.25, 0.3) is 0 Å². The second kappa shape index (κ2) is 10.9. The van der Waals surface area contributed by atoms with Crippen molar-refractivity contribution in [2.45, 2.75) is 50.3 Å². The standard InChI is InChI=1S/C24H30N4O3.HI/c1-25-22(26-16-17-9-11-18(12-10-17)27-23(29)30-2)28-20-15-24(13-5-6-14-24)31-21-8-4-3-7-19(20)21;/h3-4,7-12,20H,5-6,13-16H2,1-2H3,(H,27,29)(H2,25,26,28);1H. The van der Waals surface area contributed by atoms with Gasteiger partial charge in [0.25, 0.3) is 0 Å². The van der Waals surface area contributed by atoms with Gasteiger partial charge in [0.15, 0.2) is 5.96 Å². The van der Waals surface area contributed by atoms with Crippen LogP contribution in [0.1, 0.15) is 49.3 Å². The van der Waals surface area contributed by atoms with E-state index in [0.717, 1.165) is 36.5 Å². The number of fused-ring (bicyclic) bond motifs is 1. The molecule has 1 aliphatic heterocycles. The molecule has 1 heterocycles. The maximum absolute atomic E-state index is 11.3. The van der Waals surface area contributed by atoms with Gasteiger partial charge in [0, 0.05) is 31.3 Å². The van der Waals surface area contributed by atoms with Crippen LogP contribution < -0.4 is 20.7 Å². The third kappa shape index (κ3) is 5.65. The molecule has 1 fully saturated rings. The van der Waals surface area contributed by atoms with Crippen LogP contribution in [0.2, 0.25) is 0 Å². The van der Waals surface area contributed by atoms with Crippen molar-refractivity contribution < 1.29 is 14.3 Å². The van der Waals surface area contributed by atoms with Crippen LogP contribution in [0.4, 0.5) is 10.5 Å². The molecule has 3 N–H and O–H groups in total. The molecule has 0 bridgehead atoms. The van der Waals surface area contributed by atoms with Crippen LogP contribution in [0, 0.1) is 0 Å². The molecule has 2 aliphatic rings. The molecule has 1 spiro atoms.